The van der Waals surface area contributed by atoms with Crippen molar-refractivity contribution in [1.29, 1.82) is 0 Å². The molecule has 3 rings (SSSR count). The maximum Gasteiger partial charge on any atom is 0.241 e. The molecule has 0 aliphatic carbocycles. The number of rotatable bonds is 5. The highest BCUT2D eigenvalue weighted by Crippen LogP contribution is 2.19. The van der Waals surface area contributed by atoms with E-state index in [0.717, 1.165) is 5.56 Å². The summed E-state index contributed by atoms with van der Waals surface area (Å²) >= 11 is 5.74. The van der Waals surface area contributed by atoms with Crippen molar-refractivity contribution in [3.8, 4) is 0 Å². The quantitative estimate of drug-likeness (QED) is 0.810. The maximum atomic E-state index is 13.9. The number of anilines is 1. The predicted molar refractivity (Wildman–Crippen MR) is 113 cm³/mol. The van der Waals surface area contributed by atoms with E-state index in [9.17, 15) is 14.0 Å². The van der Waals surface area contributed by atoms with Crippen molar-refractivity contribution in [3.05, 3.63) is 64.4 Å². The Bertz CT molecular complexity index is 880. The Balaban J connectivity index is 1.50. The first-order valence-electron chi connectivity index (χ1n) is 9.67. The molecule has 1 aliphatic heterocycles. The number of benzene rings is 2. The Labute approximate surface area is 175 Å². The van der Waals surface area contributed by atoms with Crippen molar-refractivity contribution in [2.24, 2.45) is 0 Å². The third kappa shape index (κ3) is 5.55. The van der Waals surface area contributed by atoms with Gasteiger partial charge in [0.2, 0.25) is 11.8 Å². The van der Waals surface area contributed by atoms with E-state index in [1.807, 2.05) is 41.0 Å². The highest BCUT2D eigenvalue weighted by atomic mass is 35.5. The minimum absolute atomic E-state index is 0.0915. The van der Waals surface area contributed by atoms with Crippen LogP contribution in [-0.2, 0) is 16.0 Å². The van der Waals surface area contributed by atoms with Gasteiger partial charge in [0.25, 0.3) is 0 Å². The van der Waals surface area contributed by atoms with Crippen LogP contribution >= 0.6 is 11.6 Å². The zero-order valence-electron chi connectivity index (χ0n) is 16.6. The van der Waals surface area contributed by atoms with Gasteiger partial charge in [-0.15, -0.1) is 0 Å². The van der Waals surface area contributed by atoms with Gasteiger partial charge in [0, 0.05) is 31.2 Å². The normalized spacial score (nSPS) is 15.8. The molecular weight excluding hydrogens is 393 g/mol. The first-order chi connectivity index (χ1) is 13.8. The molecule has 5 nitrogen and oxygen atoms in total. The summed E-state index contributed by atoms with van der Waals surface area (Å²) in [5.41, 5.74) is 2.28. The fourth-order valence-electron chi connectivity index (χ4n) is 3.34. The number of hydrogen-bond donors (Lipinski definition) is 1. The van der Waals surface area contributed by atoms with Gasteiger partial charge in [-0.1, -0.05) is 41.4 Å². The molecular formula is C22H25ClFN3O2. The second-order valence-corrected chi connectivity index (χ2v) is 7.80. The summed E-state index contributed by atoms with van der Waals surface area (Å²) in [6.45, 7) is 6.13. The summed E-state index contributed by atoms with van der Waals surface area (Å²) in [5, 5.41) is 2.89. The molecule has 1 atom stereocenters. The van der Waals surface area contributed by atoms with Crippen LogP contribution in [0, 0.1) is 12.7 Å². The Morgan fingerprint density at radius 3 is 2.38 bits per heavy atom. The number of aryl methyl sites for hydroxylation is 1. The second-order valence-electron chi connectivity index (χ2n) is 7.37. The van der Waals surface area contributed by atoms with Gasteiger partial charge < -0.3 is 10.2 Å². The molecule has 0 aromatic heterocycles. The van der Waals surface area contributed by atoms with Gasteiger partial charge in [-0.25, -0.2) is 4.39 Å². The number of carbonyl (C=O) groups excluding carboxylic acids is 2. The largest absolute Gasteiger partial charge is 0.340 e. The lowest BCUT2D eigenvalue weighted by Gasteiger charge is -2.37. The molecule has 29 heavy (non-hydrogen) atoms. The van der Waals surface area contributed by atoms with E-state index in [1.54, 1.807) is 6.92 Å². The number of carbonyl (C=O) groups is 2. The monoisotopic (exact) mass is 417 g/mol. The summed E-state index contributed by atoms with van der Waals surface area (Å²) < 4.78 is 13.9. The molecule has 0 bridgehead atoms. The van der Waals surface area contributed by atoms with Crippen LogP contribution in [0.2, 0.25) is 5.02 Å². The Morgan fingerprint density at radius 1 is 1.10 bits per heavy atom. The molecule has 0 spiro atoms. The smallest absolute Gasteiger partial charge is 0.241 e. The van der Waals surface area contributed by atoms with Crippen LogP contribution in [-0.4, -0.2) is 53.8 Å². The highest BCUT2D eigenvalue weighted by molar-refractivity contribution is 6.30. The van der Waals surface area contributed by atoms with E-state index < -0.39 is 11.9 Å². The van der Waals surface area contributed by atoms with Gasteiger partial charge in [-0.3, -0.25) is 14.5 Å². The molecule has 1 unspecified atom stereocenters. The molecule has 2 aromatic rings. The number of amides is 2. The number of nitrogens with one attached hydrogen (secondary N) is 1. The van der Waals surface area contributed by atoms with Gasteiger partial charge in [0.1, 0.15) is 5.82 Å². The second kappa shape index (κ2) is 9.37. The van der Waals surface area contributed by atoms with Gasteiger partial charge in [-0.2, -0.15) is 0 Å². The molecule has 1 heterocycles. The number of nitrogens with zero attached hydrogens (tertiary/aromatic N) is 2. The van der Waals surface area contributed by atoms with Gasteiger partial charge in [0.05, 0.1) is 18.2 Å². The summed E-state index contributed by atoms with van der Waals surface area (Å²) in [6.07, 6.45) is 0.381. The molecule has 1 aliphatic rings. The van der Waals surface area contributed by atoms with Crippen molar-refractivity contribution in [2.75, 3.05) is 31.5 Å². The fourth-order valence-corrected chi connectivity index (χ4v) is 3.50. The first-order valence-corrected chi connectivity index (χ1v) is 10.0. The minimum atomic E-state index is -0.565. The molecule has 1 N–H and O–H groups in total. The van der Waals surface area contributed by atoms with E-state index in [4.69, 9.17) is 11.6 Å². The zero-order valence-corrected chi connectivity index (χ0v) is 17.4. The van der Waals surface area contributed by atoms with E-state index in [0.29, 0.717) is 32.6 Å². The average Bonchev–Trinajstić information content (AvgIpc) is 2.71. The molecule has 2 aromatic carbocycles. The number of hydrogen-bond acceptors (Lipinski definition) is 3. The Kier molecular flexibility index (Phi) is 6.87. The van der Waals surface area contributed by atoms with Gasteiger partial charge in [-0.05, 0) is 37.6 Å². The third-order valence-corrected chi connectivity index (χ3v) is 5.49. The third-order valence-electron chi connectivity index (χ3n) is 5.26. The molecule has 2 amide bonds. The van der Waals surface area contributed by atoms with Crippen molar-refractivity contribution >= 4 is 29.1 Å². The lowest BCUT2D eigenvalue weighted by atomic mass is 10.1. The van der Waals surface area contributed by atoms with Crippen LogP contribution in [0.15, 0.2) is 42.5 Å². The summed E-state index contributed by atoms with van der Waals surface area (Å²) in [4.78, 5) is 28.9. The summed E-state index contributed by atoms with van der Waals surface area (Å²) in [6, 6.07) is 11.7. The van der Waals surface area contributed by atoms with Crippen molar-refractivity contribution in [2.45, 2.75) is 26.3 Å². The molecule has 0 radical (unpaired) electrons. The molecule has 154 valence electrons. The Morgan fingerprint density at radius 2 is 1.76 bits per heavy atom. The van der Waals surface area contributed by atoms with Crippen LogP contribution in [0.1, 0.15) is 18.1 Å². The standard InChI is InChI=1S/C22H25ClFN3O2/c1-15-3-5-17(6-4-15)13-21(28)27-11-9-26(10-12-27)16(2)22(29)25-20-8-7-18(23)14-19(20)24/h3-8,14,16H,9-13H2,1-2H3,(H,25,29). The number of halogens is 2. The average molecular weight is 418 g/mol. The van der Waals surface area contributed by atoms with Crippen LogP contribution in [0.25, 0.3) is 0 Å². The fraction of sp³-hybridized carbons (Fsp3) is 0.364. The molecule has 7 heteroatoms. The zero-order chi connectivity index (χ0) is 21.0. The van der Waals surface area contributed by atoms with E-state index in [2.05, 4.69) is 5.32 Å². The van der Waals surface area contributed by atoms with E-state index in [-0.39, 0.29) is 22.5 Å². The Hall–Kier alpha value is -2.44. The topological polar surface area (TPSA) is 52.7 Å². The van der Waals surface area contributed by atoms with Crippen LogP contribution < -0.4 is 5.32 Å². The predicted octanol–water partition coefficient (Wildman–Crippen LogP) is 3.50. The van der Waals surface area contributed by atoms with Crippen LogP contribution in [0.5, 0.6) is 0 Å². The van der Waals surface area contributed by atoms with Gasteiger partial charge in [0.15, 0.2) is 0 Å². The molecule has 1 fully saturated rings. The maximum absolute atomic E-state index is 13.9. The van der Waals surface area contributed by atoms with Crippen LogP contribution in [0.4, 0.5) is 10.1 Å². The number of piperazine rings is 1. The van der Waals surface area contributed by atoms with E-state index in [1.165, 1.54) is 23.8 Å². The van der Waals surface area contributed by atoms with Crippen molar-refractivity contribution in [3.63, 3.8) is 0 Å². The minimum Gasteiger partial charge on any atom is -0.340 e. The molecule has 1 saturated heterocycles. The highest BCUT2D eigenvalue weighted by Gasteiger charge is 2.27. The lowest BCUT2D eigenvalue weighted by molar-refractivity contribution is -0.133. The first kappa shape index (κ1) is 21.3. The van der Waals surface area contributed by atoms with Crippen LogP contribution in [0.3, 0.4) is 0 Å². The summed E-state index contributed by atoms with van der Waals surface area (Å²) in [5.74, 6) is -0.760. The summed E-state index contributed by atoms with van der Waals surface area (Å²) in [7, 11) is 0. The lowest BCUT2D eigenvalue weighted by Crippen LogP contribution is -2.54. The van der Waals surface area contributed by atoms with Crippen molar-refractivity contribution < 1.29 is 14.0 Å². The molecule has 0 saturated carbocycles. The van der Waals surface area contributed by atoms with Gasteiger partial charge >= 0.3 is 0 Å². The van der Waals surface area contributed by atoms with Crippen molar-refractivity contribution in [1.82, 2.24) is 9.80 Å². The SMILES string of the molecule is Cc1ccc(CC(=O)N2CCN(C(C)C(=O)Nc3ccc(Cl)cc3F)CC2)cc1. The van der Waals surface area contributed by atoms with E-state index >= 15 is 0 Å².